The maximum Gasteiger partial charge on any atom is 0.254 e. The lowest BCUT2D eigenvalue weighted by Crippen LogP contribution is -2.37. The fourth-order valence-corrected chi connectivity index (χ4v) is 2.62. The lowest BCUT2D eigenvalue weighted by Gasteiger charge is -2.29. The van der Waals surface area contributed by atoms with Crippen molar-refractivity contribution in [1.29, 1.82) is 0 Å². The number of fused-ring (bicyclic) bond motifs is 1. The van der Waals surface area contributed by atoms with Crippen LogP contribution in [0.5, 0.6) is 0 Å². The first kappa shape index (κ1) is 12.0. The zero-order valence-electron chi connectivity index (χ0n) is 11.1. The van der Waals surface area contributed by atoms with E-state index in [2.05, 4.69) is 25.1 Å². The molecule has 3 rings (SSSR count). The van der Waals surface area contributed by atoms with Crippen LogP contribution in [0.4, 0.5) is 0 Å². The molecule has 96 valence electrons. The Balaban J connectivity index is 1.84. The maximum atomic E-state index is 12.5. The average Bonchev–Trinajstić information content (AvgIpc) is 2.43. The van der Waals surface area contributed by atoms with E-state index in [1.807, 2.05) is 35.2 Å². The van der Waals surface area contributed by atoms with Gasteiger partial charge in [-0.15, -0.1) is 0 Å². The Hall–Kier alpha value is -2.09. The number of carbonyl (C=O) groups excluding carboxylic acids is 1. The molecule has 1 amide bonds. The molecule has 0 atom stereocenters. The molecule has 19 heavy (non-hydrogen) atoms. The van der Waals surface area contributed by atoms with Gasteiger partial charge in [0.25, 0.3) is 5.91 Å². The summed E-state index contributed by atoms with van der Waals surface area (Å²) in [5, 5.41) is 0. The number of aryl methyl sites for hydroxylation is 1. The average molecular weight is 251 g/mol. The van der Waals surface area contributed by atoms with E-state index < -0.39 is 0 Å². The van der Waals surface area contributed by atoms with Gasteiger partial charge >= 0.3 is 0 Å². The third-order valence-electron chi connectivity index (χ3n) is 3.65. The Labute approximate surface area is 113 Å². The summed E-state index contributed by atoms with van der Waals surface area (Å²) >= 11 is 0. The number of amides is 1. The van der Waals surface area contributed by atoms with Gasteiger partial charge in [-0.2, -0.15) is 0 Å². The van der Waals surface area contributed by atoms with Crippen LogP contribution in [0.1, 0.15) is 27.0 Å². The number of carbonyl (C=O) groups is 1. The fraction of sp³-hybridized carbons (Fsp3) is 0.235. The molecular weight excluding hydrogens is 234 g/mol. The largest absolute Gasteiger partial charge is 0.334 e. The van der Waals surface area contributed by atoms with Gasteiger partial charge in [-0.3, -0.25) is 4.79 Å². The van der Waals surface area contributed by atoms with Crippen LogP contribution in [0.2, 0.25) is 0 Å². The van der Waals surface area contributed by atoms with Gasteiger partial charge in [-0.25, -0.2) is 0 Å². The van der Waals surface area contributed by atoms with Crippen LogP contribution in [-0.4, -0.2) is 17.4 Å². The quantitative estimate of drug-likeness (QED) is 0.802. The van der Waals surface area contributed by atoms with Gasteiger partial charge in [0.2, 0.25) is 0 Å². The lowest BCUT2D eigenvalue weighted by molar-refractivity contribution is 0.0727. The van der Waals surface area contributed by atoms with E-state index in [1.54, 1.807) is 0 Å². The fourth-order valence-electron chi connectivity index (χ4n) is 2.62. The normalized spacial score (nSPS) is 14.4. The SMILES string of the molecule is Cc1ccc2c(c1)CCN(Cc1ccccc1)C2=O. The van der Waals surface area contributed by atoms with E-state index in [1.165, 1.54) is 16.7 Å². The van der Waals surface area contributed by atoms with Crippen molar-refractivity contribution < 1.29 is 4.79 Å². The van der Waals surface area contributed by atoms with E-state index in [0.717, 1.165) is 18.5 Å². The predicted molar refractivity (Wildman–Crippen MR) is 76.1 cm³/mol. The topological polar surface area (TPSA) is 20.3 Å². The van der Waals surface area contributed by atoms with Gasteiger partial charge in [-0.05, 0) is 30.5 Å². The van der Waals surface area contributed by atoms with Gasteiger partial charge in [0.15, 0.2) is 0 Å². The molecule has 0 unspecified atom stereocenters. The van der Waals surface area contributed by atoms with Crippen LogP contribution < -0.4 is 0 Å². The molecule has 0 fully saturated rings. The number of nitrogens with zero attached hydrogens (tertiary/aromatic N) is 1. The minimum absolute atomic E-state index is 0.158. The van der Waals surface area contributed by atoms with Crippen LogP contribution in [0.3, 0.4) is 0 Å². The first-order chi connectivity index (χ1) is 9.24. The molecule has 0 radical (unpaired) electrons. The minimum Gasteiger partial charge on any atom is -0.334 e. The summed E-state index contributed by atoms with van der Waals surface area (Å²) in [5.74, 6) is 0.158. The molecule has 0 aliphatic carbocycles. The number of hydrogen-bond acceptors (Lipinski definition) is 1. The van der Waals surface area contributed by atoms with Gasteiger partial charge < -0.3 is 4.90 Å². The number of rotatable bonds is 2. The molecule has 1 heterocycles. The van der Waals surface area contributed by atoms with E-state index in [4.69, 9.17) is 0 Å². The van der Waals surface area contributed by atoms with Crippen LogP contribution in [0.15, 0.2) is 48.5 Å². The van der Waals surface area contributed by atoms with Gasteiger partial charge in [0, 0.05) is 18.7 Å². The molecule has 0 saturated heterocycles. The monoisotopic (exact) mass is 251 g/mol. The molecule has 1 aliphatic heterocycles. The molecule has 2 heteroatoms. The Morgan fingerprint density at radius 3 is 2.68 bits per heavy atom. The predicted octanol–water partition coefficient (Wildman–Crippen LogP) is 3.19. The van der Waals surface area contributed by atoms with Crippen molar-refractivity contribution in [2.45, 2.75) is 19.9 Å². The Kier molecular flexibility index (Phi) is 3.08. The summed E-state index contributed by atoms with van der Waals surface area (Å²) in [5.41, 5.74) is 4.47. The second-order valence-electron chi connectivity index (χ2n) is 5.12. The third kappa shape index (κ3) is 2.39. The molecule has 0 aromatic heterocycles. The van der Waals surface area contributed by atoms with Crippen molar-refractivity contribution in [3.63, 3.8) is 0 Å². The van der Waals surface area contributed by atoms with Crippen molar-refractivity contribution in [2.75, 3.05) is 6.54 Å². The van der Waals surface area contributed by atoms with Gasteiger partial charge in [0.1, 0.15) is 0 Å². The Bertz CT molecular complexity index is 604. The van der Waals surface area contributed by atoms with Crippen molar-refractivity contribution in [2.24, 2.45) is 0 Å². The van der Waals surface area contributed by atoms with Crippen molar-refractivity contribution in [1.82, 2.24) is 4.90 Å². The van der Waals surface area contributed by atoms with Crippen LogP contribution >= 0.6 is 0 Å². The molecule has 0 N–H and O–H groups in total. The number of benzene rings is 2. The maximum absolute atomic E-state index is 12.5. The van der Waals surface area contributed by atoms with Gasteiger partial charge in [0.05, 0.1) is 0 Å². The van der Waals surface area contributed by atoms with Gasteiger partial charge in [-0.1, -0.05) is 48.0 Å². The summed E-state index contributed by atoms with van der Waals surface area (Å²) in [6, 6.07) is 16.3. The highest BCUT2D eigenvalue weighted by molar-refractivity contribution is 5.96. The highest BCUT2D eigenvalue weighted by atomic mass is 16.2. The van der Waals surface area contributed by atoms with E-state index in [-0.39, 0.29) is 5.91 Å². The summed E-state index contributed by atoms with van der Waals surface area (Å²) in [4.78, 5) is 14.4. The van der Waals surface area contributed by atoms with Crippen LogP contribution in [0.25, 0.3) is 0 Å². The van der Waals surface area contributed by atoms with Crippen molar-refractivity contribution in [3.05, 3.63) is 70.8 Å². The molecule has 0 bridgehead atoms. The first-order valence-electron chi connectivity index (χ1n) is 6.67. The van der Waals surface area contributed by atoms with Crippen LogP contribution in [-0.2, 0) is 13.0 Å². The minimum atomic E-state index is 0.158. The second-order valence-corrected chi connectivity index (χ2v) is 5.12. The molecule has 0 saturated carbocycles. The third-order valence-corrected chi connectivity index (χ3v) is 3.65. The summed E-state index contributed by atoms with van der Waals surface area (Å²) < 4.78 is 0. The Morgan fingerprint density at radius 1 is 1.11 bits per heavy atom. The summed E-state index contributed by atoms with van der Waals surface area (Å²) in [6.07, 6.45) is 0.954. The standard InChI is InChI=1S/C17H17NO/c1-13-7-8-16-15(11-13)9-10-18(17(16)19)12-14-5-3-2-4-6-14/h2-8,11H,9-10,12H2,1H3. The van der Waals surface area contributed by atoms with E-state index in [9.17, 15) is 4.79 Å². The highest BCUT2D eigenvalue weighted by Gasteiger charge is 2.23. The smallest absolute Gasteiger partial charge is 0.254 e. The number of hydrogen-bond donors (Lipinski definition) is 0. The Morgan fingerprint density at radius 2 is 1.89 bits per heavy atom. The molecule has 1 aliphatic rings. The molecular formula is C17H17NO. The summed E-state index contributed by atoms with van der Waals surface area (Å²) in [7, 11) is 0. The highest BCUT2D eigenvalue weighted by Crippen LogP contribution is 2.21. The zero-order chi connectivity index (χ0) is 13.2. The second kappa shape index (κ2) is 4.88. The zero-order valence-corrected chi connectivity index (χ0v) is 11.1. The summed E-state index contributed by atoms with van der Waals surface area (Å²) in [6.45, 7) is 3.58. The van der Waals surface area contributed by atoms with E-state index >= 15 is 0 Å². The molecule has 2 nitrogen and oxygen atoms in total. The molecule has 2 aromatic carbocycles. The lowest BCUT2D eigenvalue weighted by atomic mass is 9.96. The van der Waals surface area contributed by atoms with E-state index in [0.29, 0.717) is 6.54 Å². The van der Waals surface area contributed by atoms with Crippen molar-refractivity contribution >= 4 is 5.91 Å². The first-order valence-corrected chi connectivity index (χ1v) is 6.67. The van der Waals surface area contributed by atoms with Crippen molar-refractivity contribution in [3.8, 4) is 0 Å². The molecule has 2 aromatic rings. The molecule has 0 spiro atoms. The van der Waals surface area contributed by atoms with Crippen LogP contribution in [0, 0.1) is 6.92 Å².